The summed E-state index contributed by atoms with van der Waals surface area (Å²) < 4.78 is 0. The van der Waals surface area contributed by atoms with E-state index in [2.05, 4.69) is 10.6 Å². The Morgan fingerprint density at radius 2 is 2.00 bits per heavy atom. The largest absolute Gasteiger partial charge is 0.508 e. The van der Waals surface area contributed by atoms with Crippen molar-refractivity contribution in [1.82, 2.24) is 5.32 Å². The monoisotopic (exact) mass is 300 g/mol. The molecule has 4 N–H and O–H groups in total. The van der Waals surface area contributed by atoms with Crippen LogP contribution < -0.4 is 10.6 Å². The Bertz CT molecular complexity index is 656. The highest BCUT2D eigenvalue weighted by molar-refractivity contribution is 5.95. The number of amides is 1. The number of aliphatic hydroxyl groups excluding tert-OH is 1. The summed E-state index contributed by atoms with van der Waals surface area (Å²) >= 11 is 0. The Morgan fingerprint density at radius 1 is 1.18 bits per heavy atom. The van der Waals surface area contributed by atoms with Crippen molar-refractivity contribution >= 4 is 11.6 Å². The van der Waals surface area contributed by atoms with Gasteiger partial charge in [0, 0.05) is 29.9 Å². The van der Waals surface area contributed by atoms with Crippen molar-refractivity contribution in [3.8, 4) is 5.75 Å². The third-order valence-electron chi connectivity index (χ3n) is 3.24. The molecule has 0 aliphatic carbocycles. The standard InChI is InChI=1S/C17H20N2O3/c1-12-5-6-16(21)14(9-12)11-19-15-4-2-3-13(10-15)17(22)18-7-8-20/h2-6,9-10,19-21H,7-8,11H2,1H3,(H,18,22). The zero-order valence-electron chi connectivity index (χ0n) is 12.5. The molecule has 1 amide bonds. The quantitative estimate of drug-likeness (QED) is 0.658. The van der Waals surface area contributed by atoms with Crippen molar-refractivity contribution in [1.29, 1.82) is 0 Å². The van der Waals surface area contributed by atoms with Crippen molar-refractivity contribution < 1.29 is 15.0 Å². The predicted molar refractivity (Wildman–Crippen MR) is 86.0 cm³/mol. The second kappa shape index (κ2) is 7.47. The first-order valence-corrected chi connectivity index (χ1v) is 7.11. The maximum absolute atomic E-state index is 11.8. The molecule has 2 aromatic carbocycles. The van der Waals surface area contributed by atoms with Gasteiger partial charge in [-0.15, -0.1) is 0 Å². The molecule has 2 aromatic rings. The number of aromatic hydroxyl groups is 1. The average molecular weight is 300 g/mol. The topological polar surface area (TPSA) is 81.6 Å². The predicted octanol–water partition coefficient (Wildman–Crippen LogP) is 2.03. The van der Waals surface area contributed by atoms with Crippen LogP contribution in [0.2, 0.25) is 0 Å². The van der Waals surface area contributed by atoms with Gasteiger partial charge in [0.05, 0.1) is 6.61 Å². The van der Waals surface area contributed by atoms with Crippen molar-refractivity contribution in [2.75, 3.05) is 18.5 Å². The lowest BCUT2D eigenvalue weighted by atomic mass is 10.1. The molecule has 0 saturated heterocycles. The Morgan fingerprint density at radius 3 is 2.77 bits per heavy atom. The van der Waals surface area contributed by atoms with Gasteiger partial charge in [-0.2, -0.15) is 0 Å². The number of rotatable bonds is 6. The minimum Gasteiger partial charge on any atom is -0.508 e. The molecule has 5 nitrogen and oxygen atoms in total. The van der Waals surface area contributed by atoms with Crippen LogP contribution >= 0.6 is 0 Å². The van der Waals surface area contributed by atoms with E-state index in [-0.39, 0.29) is 24.8 Å². The van der Waals surface area contributed by atoms with Gasteiger partial charge < -0.3 is 20.8 Å². The van der Waals surface area contributed by atoms with Crippen LogP contribution in [-0.2, 0) is 6.54 Å². The zero-order chi connectivity index (χ0) is 15.9. The third-order valence-corrected chi connectivity index (χ3v) is 3.24. The molecule has 0 radical (unpaired) electrons. The van der Waals surface area contributed by atoms with E-state index in [4.69, 9.17) is 5.11 Å². The van der Waals surface area contributed by atoms with E-state index in [1.807, 2.05) is 25.1 Å². The van der Waals surface area contributed by atoms with Gasteiger partial charge >= 0.3 is 0 Å². The second-order valence-electron chi connectivity index (χ2n) is 5.05. The van der Waals surface area contributed by atoms with Crippen LogP contribution in [0.3, 0.4) is 0 Å². The molecule has 5 heteroatoms. The minimum atomic E-state index is -0.226. The van der Waals surface area contributed by atoms with Crippen LogP contribution in [0.15, 0.2) is 42.5 Å². The maximum atomic E-state index is 11.8. The highest BCUT2D eigenvalue weighted by Crippen LogP contribution is 2.20. The molecule has 0 aromatic heterocycles. The van der Waals surface area contributed by atoms with Gasteiger partial charge in [-0.05, 0) is 31.2 Å². The number of aryl methyl sites for hydroxylation is 1. The van der Waals surface area contributed by atoms with Crippen LogP contribution in [0, 0.1) is 6.92 Å². The summed E-state index contributed by atoms with van der Waals surface area (Å²) in [6, 6.07) is 12.5. The highest BCUT2D eigenvalue weighted by atomic mass is 16.3. The lowest BCUT2D eigenvalue weighted by Crippen LogP contribution is -2.26. The molecular weight excluding hydrogens is 280 g/mol. The lowest BCUT2D eigenvalue weighted by molar-refractivity contribution is 0.0945. The normalized spacial score (nSPS) is 10.3. The summed E-state index contributed by atoms with van der Waals surface area (Å²) in [4.78, 5) is 11.8. The number of hydrogen-bond donors (Lipinski definition) is 4. The van der Waals surface area contributed by atoms with Crippen molar-refractivity contribution in [3.63, 3.8) is 0 Å². The van der Waals surface area contributed by atoms with Crippen LogP contribution in [0.5, 0.6) is 5.75 Å². The number of benzene rings is 2. The number of phenols is 1. The van der Waals surface area contributed by atoms with Crippen molar-refractivity contribution in [2.24, 2.45) is 0 Å². The summed E-state index contributed by atoms with van der Waals surface area (Å²) in [6.45, 7) is 2.58. The first kappa shape index (κ1) is 15.9. The van der Waals surface area contributed by atoms with Crippen LogP contribution in [0.1, 0.15) is 21.5 Å². The number of carbonyl (C=O) groups is 1. The van der Waals surface area contributed by atoms with Crippen LogP contribution in [-0.4, -0.2) is 29.3 Å². The Kier molecular flexibility index (Phi) is 5.38. The van der Waals surface area contributed by atoms with Crippen LogP contribution in [0.25, 0.3) is 0 Å². The number of hydrogen-bond acceptors (Lipinski definition) is 4. The van der Waals surface area contributed by atoms with Crippen LogP contribution in [0.4, 0.5) is 5.69 Å². The fourth-order valence-corrected chi connectivity index (χ4v) is 2.10. The van der Waals surface area contributed by atoms with Crippen molar-refractivity contribution in [2.45, 2.75) is 13.5 Å². The average Bonchev–Trinajstić information content (AvgIpc) is 2.53. The van der Waals surface area contributed by atoms with Gasteiger partial charge in [0.25, 0.3) is 5.91 Å². The summed E-state index contributed by atoms with van der Waals surface area (Å²) in [6.07, 6.45) is 0. The number of aliphatic hydroxyl groups is 1. The summed E-state index contributed by atoms with van der Waals surface area (Å²) in [5.74, 6) is 0.0195. The highest BCUT2D eigenvalue weighted by Gasteiger charge is 2.06. The third kappa shape index (κ3) is 4.23. The summed E-state index contributed by atoms with van der Waals surface area (Å²) in [7, 11) is 0. The number of nitrogens with one attached hydrogen (secondary N) is 2. The second-order valence-corrected chi connectivity index (χ2v) is 5.05. The first-order chi connectivity index (χ1) is 10.6. The molecule has 0 bridgehead atoms. The smallest absolute Gasteiger partial charge is 0.251 e. The fourth-order valence-electron chi connectivity index (χ4n) is 2.10. The van der Waals surface area contributed by atoms with Gasteiger partial charge in [-0.1, -0.05) is 23.8 Å². The molecule has 0 atom stereocenters. The Balaban J connectivity index is 2.04. The van der Waals surface area contributed by atoms with E-state index in [0.717, 1.165) is 16.8 Å². The van der Waals surface area contributed by atoms with E-state index in [0.29, 0.717) is 12.1 Å². The number of phenolic OH excluding ortho intramolecular Hbond substituents is 1. The maximum Gasteiger partial charge on any atom is 0.251 e. The first-order valence-electron chi connectivity index (χ1n) is 7.11. The SMILES string of the molecule is Cc1ccc(O)c(CNc2cccc(C(=O)NCCO)c2)c1. The Labute approximate surface area is 129 Å². The fraction of sp³-hybridized carbons (Fsp3) is 0.235. The van der Waals surface area contributed by atoms with Gasteiger partial charge in [-0.25, -0.2) is 0 Å². The zero-order valence-corrected chi connectivity index (χ0v) is 12.5. The molecular formula is C17H20N2O3. The van der Waals surface area contributed by atoms with E-state index in [1.54, 1.807) is 24.3 Å². The molecule has 0 heterocycles. The van der Waals surface area contributed by atoms with E-state index < -0.39 is 0 Å². The molecule has 0 spiro atoms. The molecule has 0 saturated carbocycles. The van der Waals surface area contributed by atoms with Crippen molar-refractivity contribution in [3.05, 3.63) is 59.2 Å². The van der Waals surface area contributed by atoms with Gasteiger partial charge in [0.15, 0.2) is 0 Å². The number of carbonyl (C=O) groups excluding carboxylic acids is 1. The molecule has 0 unspecified atom stereocenters. The Hall–Kier alpha value is -2.53. The summed E-state index contributed by atoms with van der Waals surface area (Å²) in [5.41, 5.74) is 3.19. The summed E-state index contributed by atoms with van der Waals surface area (Å²) in [5, 5.41) is 24.4. The minimum absolute atomic E-state index is 0.0870. The molecule has 116 valence electrons. The molecule has 0 aliphatic heterocycles. The molecule has 0 fully saturated rings. The van der Waals surface area contributed by atoms with Gasteiger partial charge in [0.2, 0.25) is 0 Å². The number of anilines is 1. The molecule has 2 rings (SSSR count). The van der Waals surface area contributed by atoms with E-state index >= 15 is 0 Å². The molecule has 22 heavy (non-hydrogen) atoms. The van der Waals surface area contributed by atoms with E-state index in [1.165, 1.54) is 0 Å². The van der Waals surface area contributed by atoms with Gasteiger partial charge in [-0.3, -0.25) is 4.79 Å². The molecule has 0 aliphatic rings. The van der Waals surface area contributed by atoms with Gasteiger partial charge in [0.1, 0.15) is 5.75 Å². The lowest BCUT2D eigenvalue weighted by Gasteiger charge is -2.10. The van der Waals surface area contributed by atoms with E-state index in [9.17, 15) is 9.90 Å².